The highest BCUT2D eigenvalue weighted by atomic mass is 79.9. The molecule has 0 saturated carbocycles. The number of aromatic nitrogens is 2. The summed E-state index contributed by atoms with van der Waals surface area (Å²) in [5.74, 6) is 0.196. The number of hydrogen-bond donors (Lipinski definition) is 0. The molecule has 20 heavy (non-hydrogen) atoms. The van der Waals surface area contributed by atoms with E-state index in [-0.39, 0.29) is 5.82 Å². The fourth-order valence-corrected chi connectivity index (χ4v) is 3.01. The minimum Gasteiger partial charge on any atom is -0.271 e. The Morgan fingerprint density at radius 1 is 1.30 bits per heavy atom. The topological polar surface area (TPSA) is 17.8 Å². The average Bonchev–Trinajstić information content (AvgIpc) is 2.66. The Balaban J connectivity index is 2.11. The van der Waals surface area contributed by atoms with E-state index in [0.29, 0.717) is 5.92 Å². The van der Waals surface area contributed by atoms with Gasteiger partial charge in [-0.2, -0.15) is 5.10 Å². The van der Waals surface area contributed by atoms with Gasteiger partial charge in [0.05, 0.1) is 16.4 Å². The summed E-state index contributed by atoms with van der Waals surface area (Å²) in [4.78, 5) is 0. The van der Waals surface area contributed by atoms with E-state index in [1.807, 2.05) is 30.8 Å². The van der Waals surface area contributed by atoms with Gasteiger partial charge in [0.1, 0.15) is 5.82 Å². The lowest BCUT2D eigenvalue weighted by Crippen LogP contribution is -2.13. The van der Waals surface area contributed by atoms with E-state index in [2.05, 4.69) is 21.0 Å². The minimum atomic E-state index is -0.200. The zero-order valence-electron chi connectivity index (χ0n) is 11.5. The molecule has 0 radical (unpaired) electrons. The van der Waals surface area contributed by atoms with Crippen molar-refractivity contribution < 1.29 is 4.39 Å². The average molecular weight is 360 g/mol. The molecular formula is C15H17BrClFN2. The number of alkyl halides is 1. The van der Waals surface area contributed by atoms with Crippen molar-refractivity contribution in [3.8, 4) is 0 Å². The number of halogens is 3. The Kier molecular flexibility index (Phi) is 5.22. The van der Waals surface area contributed by atoms with Crippen LogP contribution in [0.2, 0.25) is 5.02 Å². The first kappa shape index (κ1) is 15.5. The van der Waals surface area contributed by atoms with Crippen molar-refractivity contribution in [1.29, 1.82) is 0 Å². The van der Waals surface area contributed by atoms with Crippen LogP contribution in [0.1, 0.15) is 17.0 Å². The predicted octanol–water partition coefficient (Wildman–Crippen LogP) is 4.32. The number of hydrogen-bond acceptors (Lipinski definition) is 1. The maximum Gasteiger partial charge on any atom is 0.123 e. The van der Waals surface area contributed by atoms with Gasteiger partial charge < -0.3 is 0 Å². The predicted molar refractivity (Wildman–Crippen MR) is 84.0 cm³/mol. The van der Waals surface area contributed by atoms with Crippen LogP contribution < -0.4 is 0 Å². The second-order valence-electron chi connectivity index (χ2n) is 5.02. The van der Waals surface area contributed by atoms with E-state index >= 15 is 0 Å². The number of nitrogens with zero attached hydrogens (tertiary/aromatic N) is 2. The summed E-state index contributed by atoms with van der Waals surface area (Å²) in [6.07, 6.45) is 1.73. The molecule has 5 heteroatoms. The van der Waals surface area contributed by atoms with Crippen LogP contribution >= 0.6 is 27.5 Å². The Hall–Kier alpha value is -0.870. The molecule has 0 bridgehead atoms. The summed E-state index contributed by atoms with van der Waals surface area (Å²) in [6.45, 7) is 1.91. The first-order valence-electron chi connectivity index (χ1n) is 6.49. The zero-order chi connectivity index (χ0) is 14.7. The molecule has 1 unspecified atom stereocenters. The smallest absolute Gasteiger partial charge is 0.123 e. The molecule has 1 aromatic carbocycles. The number of benzene rings is 1. The third kappa shape index (κ3) is 3.61. The first-order chi connectivity index (χ1) is 9.51. The molecule has 0 aliphatic heterocycles. The van der Waals surface area contributed by atoms with Crippen molar-refractivity contribution >= 4 is 27.5 Å². The molecule has 0 amide bonds. The second kappa shape index (κ2) is 6.72. The molecule has 2 rings (SSSR count). The summed E-state index contributed by atoms with van der Waals surface area (Å²) < 4.78 is 14.8. The van der Waals surface area contributed by atoms with Crippen LogP contribution in [0.4, 0.5) is 4.39 Å². The Bertz CT molecular complexity index is 580. The Labute approximate surface area is 132 Å². The normalized spacial score (nSPS) is 12.7. The molecule has 0 N–H and O–H groups in total. The van der Waals surface area contributed by atoms with Crippen LogP contribution in [-0.4, -0.2) is 15.1 Å². The van der Waals surface area contributed by atoms with E-state index < -0.39 is 0 Å². The maximum absolute atomic E-state index is 12.9. The van der Waals surface area contributed by atoms with Gasteiger partial charge in [-0.3, -0.25) is 4.68 Å². The van der Waals surface area contributed by atoms with Crippen molar-refractivity contribution in [2.45, 2.75) is 19.8 Å². The van der Waals surface area contributed by atoms with Gasteiger partial charge in [0, 0.05) is 12.4 Å². The van der Waals surface area contributed by atoms with Crippen molar-refractivity contribution in [2.75, 3.05) is 5.33 Å². The van der Waals surface area contributed by atoms with Gasteiger partial charge in [-0.15, -0.1) is 0 Å². The zero-order valence-corrected chi connectivity index (χ0v) is 13.9. The van der Waals surface area contributed by atoms with Gasteiger partial charge in [0.15, 0.2) is 0 Å². The summed E-state index contributed by atoms with van der Waals surface area (Å²) in [7, 11) is 1.91. The maximum atomic E-state index is 12.9. The molecule has 108 valence electrons. The number of rotatable bonds is 5. The van der Waals surface area contributed by atoms with E-state index in [9.17, 15) is 4.39 Å². The van der Waals surface area contributed by atoms with Crippen molar-refractivity contribution in [1.82, 2.24) is 9.78 Å². The van der Waals surface area contributed by atoms with Gasteiger partial charge in [-0.25, -0.2) is 4.39 Å². The quantitative estimate of drug-likeness (QED) is 0.727. The molecule has 2 nitrogen and oxygen atoms in total. The van der Waals surface area contributed by atoms with E-state index in [1.54, 1.807) is 0 Å². The van der Waals surface area contributed by atoms with Crippen LogP contribution in [0.5, 0.6) is 0 Å². The van der Waals surface area contributed by atoms with Gasteiger partial charge in [-0.1, -0.05) is 39.7 Å². The first-order valence-corrected chi connectivity index (χ1v) is 7.99. The van der Waals surface area contributed by atoms with E-state index in [1.165, 1.54) is 12.1 Å². The largest absolute Gasteiger partial charge is 0.271 e. The van der Waals surface area contributed by atoms with Crippen LogP contribution in [0.25, 0.3) is 0 Å². The molecule has 0 aliphatic rings. The summed E-state index contributed by atoms with van der Waals surface area (Å²) >= 11 is 9.85. The fourth-order valence-electron chi connectivity index (χ4n) is 2.31. The Morgan fingerprint density at radius 3 is 2.45 bits per heavy atom. The third-order valence-electron chi connectivity index (χ3n) is 3.40. The molecule has 1 aromatic heterocycles. The summed E-state index contributed by atoms with van der Waals surface area (Å²) in [5, 5.41) is 5.95. The van der Waals surface area contributed by atoms with Crippen LogP contribution in [0.3, 0.4) is 0 Å². The molecule has 0 spiro atoms. The molecule has 0 saturated heterocycles. The molecule has 1 heterocycles. The fraction of sp³-hybridized carbons (Fsp3) is 0.400. The molecule has 0 fully saturated rings. The van der Waals surface area contributed by atoms with Gasteiger partial charge in [-0.05, 0) is 43.4 Å². The third-order valence-corrected chi connectivity index (χ3v) is 4.81. The SMILES string of the molecule is Cc1nn(C)c(CC(CBr)Cc2ccc(F)cc2)c1Cl. The van der Waals surface area contributed by atoms with Crippen LogP contribution in [0.15, 0.2) is 24.3 Å². The summed E-state index contributed by atoms with van der Waals surface area (Å²) in [6, 6.07) is 6.67. The standard InChI is InChI=1S/C15H17BrClFN2/c1-10-15(17)14(20(2)19-10)8-12(9-16)7-11-3-5-13(18)6-4-11/h3-6,12H,7-9H2,1-2H3. The van der Waals surface area contributed by atoms with Crippen molar-refractivity contribution in [3.05, 3.63) is 52.1 Å². The Morgan fingerprint density at radius 2 is 1.95 bits per heavy atom. The molecule has 0 aliphatic carbocycles. The van der Waals surface area contributed by atoms with E-state index in [4.69, 9.17) is 11.6 Å². The highest BCUT2D eigenvalue weighted by Crippen LogP contribution is 2.24. The summed E-state index contributed by atoms with van der Waals surface area (Å²) in [5.41, 5.74) is 3.04. The van der Waals surface area contributed by atoms with Crippen LogP contribution in [0, 0.1) is 18.7 Å². The molecule has 2 aromatic rings. The minimum absolute atomic E-state index is 0.200. The van der Waals surface area contributed by atoms with Crippen molar-refractivity contribution in [2.24, 2.45) is 13.0 Å². The van der Waals surface area contributed by atoms with Crippen molar-refractivity contribution in [3.63, 3.8) is 0 Å². The lowest BCUT2D eigenvalue weighted by Gasteiger charge is -2.14. The highest BCUT2D eigenvalue weighted by molar-refractivity contribution is 9.09. The van der Waals surface area contributed by atoms with Crippen LogP contribution in [-0.2, 0) is 19.9 Å². The number of aryl methyl sites for hydroxylation is 2. The van der Waals surface area contributed by atoms with E-state index in [0.717, 1.165) is 40.1 Å². The molecule has 1 atom stereocenters. The van der Waals surface area contributed by atoms with Gasteiger partial charge in [0.25, 0.3) is 0 Å². The van der Waals surface area contributed by atoms with Gasteiger partial charge in [0.2, 0.25) is 0 Å². The molecular weight excluding hydrogens is 343 g/mol. The lowest BCUT2D eigenvalue weighted by atomic mass is 9.96. The lowest BCUT2D eigenvalue weighted by molar-refractivity contribution is 0.555. The second-order valence-corrected chi connectivity index (χ2v) is 6.05. The highest BCUT2D eigenvalue weighted by Gasteiger charge is 2.17. The van der Waals surface area contributed by atoms with Gasteiger partial charge >= 0.3 is 0 Å². The monoisotopic (exact) mass is 358 g/mol.